The van der Waals surface area contributed by atoms with Gasteiger partial charge < -0.3 is 10.8 Å². The first kappa shape index (κ1) is 6.77. The first-order valence-electron chi connectivity index (χ1n) is 10.4. The van der Waals surface area contributed by atoms with Gasteiger partial charge in [-0.25, -0.2) is 0 Å². The molecule has 0 radical (unpaired) electrons. The zero-order valence-corrected chi connectivity index (χ0v) is 13.3. The van der Waals surface area contributed by atoms with E-state index in [4.69, 9.17) is 19.4 Å². The molecule has 0 spiro atoms. The van der Waals surface area contributed by atoms with Gasteiger partial charge in [0.1, 0.15) is 0 Å². The number of rotatable bonds is 3. The zero-order chi connectivity index (χ0) is 23.0. The number of aliphatic hydroxyl groups is 1. The van der Waals surface area contributed by atoms with Crippen molar-refractivity contribution in [2.45, 2.75) is 44.1 Å². The minimum absolute atomic E-state index is 0.226. The Bertz CT molecular complexity index is 803. The van der Waals surface area contributed by atoms with Gasteiger partial charge in [-0.2, -0.15) is 0 Å². The van der Waals surface area contributed by atoms with Crippen LogP contribution >= 0.6 is 31.9 Å². The molecule has 0 heterocycles. The Morgan fingerprint density at radius 1 is 1.42 bits per heavy atom. The highest BCUT2D eigenvalue weighted by Gasteiger charge is 2.23. The van der Waals surface area contributed by atoms with Crippen LogP contribution < -0.4 is 5.73 Å². The van der Waals surface area contributed by atoms with E-state index in [2.05, 4.69) is 31.9 Å². The van der Waals surface area contributed by atoms with Crippen LogP contribution in [0.2, 0.25) is 0 Å². The van der Waals surface area contributed by atoms with Gasteiger partial charge in [0.15, 0.2) is 0 Å². The predicted octanol–water partition coefficient (Wildman–Crippen LogP) is 3.53. The third kappa shape index (κ3) is 3.94. The van der Waals surface area contributed by atoms with Gasteiger partial charge >= 0.3 is 0 Å². The molecule has 1 aromatic rings. The summed E-state index contributed by atoms with van der Waals surface area (Å²) in [6.45, 7) is -0.338. The first-order chi connectivity index (χ1) is 12.7. The van der Waals surface area contributed by atoms with Crippen molar-refractivity contribution in [3.8, 4) is 0 Å². The molecule has 0 unspecified atom stereocenters. The van der Waals surface area contributed by atoms with Gasteiger partial charge in [-0.15, -0.1) is 0 Å². The lowest BCUT2D eigenvalue weighted by atomic mass is 9.92. The van der Waals surface area contributed by atoms with E-state index >= 15 is 0 Å². The van der Waals surface area contributed by atoms with Crippen LogP contribution in [-0.4, -0.2) is 29.2 Å². The fourth-order valence-corrected chi connectivity index (χ4v) is 2.91. The highest BCUT2D eigenvalue weighted by Crippen LogP contribution is 2.30. The van der Waals surface area contributed by atoms with E-state index < -0.39 is 37.6 Å². The first-order valence-corrected chi connectivity index (χ1v) is 6.97. The summed E-state index contributed by atoms with van der Waals surface area (Å²) in [5, 5.41) is 10.2. The Morgan fingerprint density at radius 2 is 2.05 bits per heavy atom. The molecular formula is C14H20Br2N2O. The molecule has 3 N–H and O–H groups in total. The van der Waals surface area contributed by atoms with Crippen LogP contribution in [0.25, 0.3) is 0 Å². The van der Waals surface area contributed by atoms with Crippen molar-refractivity contribution in [2.75, 3.05) is 12.8 Å². The molecule has 19 heavy (non-hydrogen) atoms. The number of benzene rings is 1. The van der Waals surface area contributed by atoms with Crippen molar-refractivity contribution in [1.82, 2.24) is 4.90 Å². The molecule has 5 heteroatoms. The smallest absolute Gasteiger partial charge is 0.0600 e. The minimum Gasteiger partial charge on any atom is -0.398 e. The molecule has 1 aliphatic carbocycles. The average molecular weight is 402 g/mol. The fraction of sp³-hybridized carbons (Fsp3) is 0.571. The standard InChI is InChI=1S/C14H20Br2N2O/c1-18(11-2-4-12(19)5-3-11)8-9-6-10(15)7-13(16)14(9)17/h6-7,11-12,19H,2-5,8,17H2,1H3/i2D2,3D2,4D2,5D2,11D,12D. The number of anilines is 1. The Kier molecular flexibility index (Phi) is 2.34. The number of nitrogens with two attached hydrogens (primary N) is 1. The lowest BCUT2D eigenvalue weighted by molar-refractivity contribution is 0.0818. The Hall–Kier alpha value is -0.100. The third-order valence-electron chi connectivity index (χ3n) is 2.57. The molecule has 1 saturated carbocycles. The van der Waals surface area contributed by atoms with Gasteiger partial charge in [0.2, 0.25) is 0 Å². The maximum absolute atomic E-state index is 10.2. The molecule has 1 aliphatic rings. The van der Waals surface area contributed by atoms with E-state index in [-0.39, 0.29) is 12.2 Å². The second-order valence-electron chi connectivity index (χ2n) is 4.01. The molecule has 0 aliphatic heterocycles. The number of nitrogens with zero attached hydrogens (tertiary/aromatic N) is 1. The van der Waals surface area contributed by atoms with Crippen molar-refractivity contribution in [3.05, 3.63) is 26.6 Å². The van der Waals surface area contributed by atoms with Crippen LogP contribution in [0.4, 0.5) is 5.69 Å². The largest absolute Gasteiger partial charge is 0.398 e. The highest BCUT2D eigenvalue weighted by atomic mass is 79.9. The summed E-state index contributed by atoms with van der Waals surface area (Å²) in [5.74, 6) is 0. The summed E-state index contributed by atoms with van der Waals surface area (Å²) in [5.41, 5.74) is 6.57. The normalized spacial score (nSPS) is 49.9. The molecular weight excluding hydrogens is 372 g/mol. The highest BCUT2D eigenvalue weighted by molar-refractivity contribution is 9.11. The van der Waals surface area contributed by atoms with E-state index in [0.29, 0.717) is 14.5 Å². The Balaban J connectivity index is 2.71. The third-order valence-corrected chi connectivity index (χ3v) is 3.68. The van der Waals surface area contributed by atoms with E-state index in [0.717, 1.165) is 11.9 Å². The summed E-state index contributed by atoms with van der Waals surface area (Å²) in [7, 11) is 1.14. The van der Waals surface area contributed by atoms with Gasteiger partial charge in [-0.1, -0.05) is 15.9 Å². The number of hydrogen-bond acceptors (Lipinski definition) is 3. The van der Waals surface area contributed by atoms with Gasteiger partial charge in [0, 0.05) is 33.8 Å². The summed E-state index contributed by atoms with van der Waals surface area (Å²) in [6.07, 6.45) is -18.1. The van der Waals surface area contributed by atoms with Crippen LogP contribution in [0.15, 0.2) is 21.1 Å². The Morgan fingerprint density at radius 3 is 2.68 bits per heavy atom. The molecule has 0 bridgehead atoms. The van der Waals surface area contributed by atoms with Crippen LogP contribution in [0.1, 0.15) is 44.8 Å². The van der Waals surface area contributed by atoms with Crippen molar-refractivity contribution in [3.63, 3.8) is 0 Å². The molecule has 0 atom stereocenters. The molecule has 0 saturated heterocycles. The molecule has 0 aromatic heterocycles. The fourth-order valence-electron chi connectivity index (χ4n) is 1.59. The van der Waals surface area contributed by atoms with E-state index in [1.165, 1.54) is 0 Å². The van der Waals surface area contributed by atoms with E-state index in [1.54, 1.807) is 12.1 Å². The van der Waals surface area contributed by atoms with Crippen LogP contribution in [-0.2, 0) is 6.54 Å². The van der Waals surface area contributed by atoms with Crippen molar-refractivity contribution < 1.29 is 18.8 Å². The second-order valence-corrected chi connectivity index (χ2v) is 5.78. The molecule has 1 aromatic carbocycles. The summed E-state index contributed by atoms with van der Waals surface area (Å²) in [4.78, 5) is 0.808. The summed E-state index contributed by atoms with van der Waals surface area (Å²) in [6, 6.07) is 0.0193. The van der Waals surface area contributed by atoms with Crippen LogP contribution in [0.3, 0.4) is 0 Å². The molecule has 1 fully saturated rings. The number of halogens is 2. The molecule has 2 rings (SSSR count). The van der Waals surface area contributed by atoms with Gasteiger partial charge in [-0.05, 0) is 66.2 Å². The lowest BCUT2D eigenvalue weighted by Crippen LogP contribution is -2.36. The number of nitrogen functional groups attached to an aromatic ring is 1. The van der Waals surface area contributed by atoms with Crippen molar-refractivity contribution >= 4 is 37.5 Å². The zero-order valence-electron chi connectivity index (χ0n) is 20.1. The van der Waals surface area contributed by atoms with Crippen LogP contribution in [0, 0.1) is 0 Å². The van der Waals surface area contributed by atoms with Gasteiger partial charge in [0.25, 0.3) is 0 Å². The van der Waals surface area contributed by atoms with Crippen molar-refractivity contribution in [2.24, 2.45) is 0 Å². The minimum atomic E-state index is -3.80. The van der Waals surface area contributed by atoms with Crippen molar-refractivity contribution in [1.29, 1.82) is 0 Å². The van der Waals surface area contributed by atoms with E-state index in [1.807, 2.05) is 0 Å². The van der Waals surface area contributed by atoms with Gasteiger partial charge in [0.05, 0.1) is 13.1 Å². The average Bonchev–Trinajstić information content (AvgIpc) is 2.56. The molecule has 3 nitrogen and oxygen atoms in total. The van der Waals surface area contributed by atoms with Gasteiger partial charge in [-0.3, -0.25) is 4.90 Å². The maximum Gasteiger partial charge on any atom is 0.0600 e. The lowest BCUT2D eigenvalue weighted by Gasteiger charge is -2.33. The predicted molar refractivity (Wildman–Crippen MR) is 86.0 cm³/mol. The molecule has 106 valence electrons. The Labute approximate surface area is 145 Å². The summed E-state index contributed by atoms with van der Waals surface area (Å²) < 4.78 is 82.3. The maximum atomic E-state index is 10.2. The van der Waals surface area contributed by atoms with E-state index in [9.17, 15) is 5.11 Å². The molecule has 0 amide bonds. The quantitative estimate of drug-likeness (QED) is 0.761. The van der Waals surface area contributed by atoms with Crippen LogP contribution in [0.5, 0.6) is 0 Å². The topological polar surface area (TPSA) is 49.5 Å². The summed E-state index contributed by atoms with van der Waals surface area (Å²) >= 11 is 6.51. The second kappa shape index (κ2) is 6.57. The number of hydrogen-bond donors (Lipinski definition) is 2. The SMILES string of the molecule is [2H]C1([2H])C([2H])([2H])C([2H])(N(C)Cc2cc(Br)cc(Br)c2N)C([2H])([2H])C([2H])([2H])C1([2H])O. The monoisotopic (exact) mass is 400 g/mol.